The summed E-state index contributed by atoms with van der Waals surface area (Å²) in [5.74, 6) is 0.204. The number of urea groups is 1. The summed E-state index contributed by atoms with van der Waals surface area (Å²) in [5, 5.41) is 6.64. The van der Waals surface area contributed by atoms with Gasteiger partial charge in [-0.1, -0.05) is 42.4 Å². The third-order valence-electron chi connectivity index (χ3n) is 3.76. The van der Waals surface area contributed by atoms with Crippen molar-refractivity contribution in [2.24, 2.45) is 0 Å². The predicted molar refractivity (Wildman–Crippen MR) is 80.6 cm³/mol. The van der Waals surface area contributed by atoms with Crippen LogP contribution in [0, 0.1) is 6.92 Å². The van der Waals surface area contributed by atoms with Crippen molar-refractivity contribution in [3.8, 4) is 0 Å². The van der Waals surface area contributed by atoms with Gasteiger partial charge >= 0.3 is 6.03 Å². The van der Waals surface area contributed by atoms with Crippen LogP contribution in [-0.4, -0.2) is 23.1 Å². The number of amides is 3. The Morgan fingerprint density at radius 2 is 2.00 bits per heavy atom. The fraction of sp³-hybridized carbons (Fsp3) is 0.312. The molecule has 3 rings (SSSR count). The first-order valence-corrected chi connectivity index (χ1v) is 7.25. The van der Waals surface area contributed by atoms with Gasteiger partial charge in [0.25, 0.3) is 5.91 Å². The molecule has 1 aromatic carbocycles. The van der Waals surface area contributed by atoms with Crippen LogP contribution in [-0.2, 0) is 17.6 Å². The molecule has 1 aliphatic rings. The lowest BCUT2D eigenvalue weighted by Crippen LogP contribution is -2.33. The van der Waals surface area contributed by atoms with Gasteiger partial charge in [0.15, 0.2) is 5.76 Å². The molecule has 0 spiro atoms. The van der Waals surface area contributed by atoms with E-state index in [-0.39, 0.29) is 5.91 Å². The molecule has 1 aromatic heterocycles. The number of benzene rings is 1. The van der Waals surface area contributed by atoms with Crippen LogP contribution in [0.15, 0.2) is 34.9 Å². The van der Waals surface area contributed by atoms with Gasteiger partial charge in [0.05, 0.1) is 0 Å². The van der Waals surface area contributed by atoms with Crippen LogP contribution in [0.2, 0.25) is 0 Å². The summed E-state index contributed by atoms with van der Waals surface area (Å²) >= 11 is 0. The van der Waals surface area contributed by atoms with Crippen LogP contribution < -0.4 is 10.2 Å². The minimum absolute atomic E-state index is 0.269. The molecular formula is C16H17N3O3. The molecule has 2 aromatic rings. The number of hydrogen-bond acceptors (Lipinski definition) is 4. The molecule has 2 heterocycles. The van der Waals surface area contributed by atoms with Crippen LogP contribution in [0.4, 0.5) is 10.5 Å². The summed E-state index contributed by atoms with van der Waals surface area (Å²) in [5.41, 5.74) is 2.09. The number of hydrogen-bond donors (Lipinski definition) is 1. The highest BCUT2D eigenvalue weighted by Crippen LogP contribution is 2.28. The number of anilines is 1. The van der Waals surface area contributed by atoms with Gasteiger partial charge in [-0.25, -0.2) is 9.69 Å². The Labute approximate surface area is 128 Å². The summed E-state index contributed by atoms with van der Waals surface area (Å²) in [4.78, 5) is 26.0. The second-order valence-corrected chi connectivity index (χ2v) is 5.25. The first-order chi connectivity index (χ1) is 10.6. The summed E-state index contributed by atoms with van der Waals surface area (Å²) < 4.78 is 5.13. The number of nitrogens with zero attached hydrogens (tertiary/aromatic N) is 2. The maximum atomic E-state index is 12.6. The largest absolute Gasteiger partial charge is 0.359 e. The Bertz CT molecular complexity index is 709. The van der Waals surface area contributed by atoms with E-state index in [1.54, 1.807) is 6.92 Å². The van der Waals surface area contributed by atoms with Crippen molar-refractivity contribution >= 4 is 17.6 Å². The van der Waals surface area contributed by atoms with E-state index in [1.165, 1.54) is 0 Å². The van der Waals surface area contributed by atoms with Gasteiger partial charge in [-0.15, -0.1) is 0 Å². The number of carbonyl (C=O) groups excluding carboxylic acids is 2. The van der Waals surface area contributed by atoms with Crippen molar-refractivity contribution in [2.75, 3.05) is 4.90 Å². The third kappa shape index (κ3) is 2.36. The number of aryl methyl sites for hydroxylation is 2. The van der Waals surface area contributed by atoms with Gasteiger partial charge in [0, 0.05) is 6.42 Å². The van der Waals surface area contributed by atoms with Crippen molar-refractivity contribution < 1.29 is 14.1 Å². The molecule has 3 amide bonds. The average molecular weight is 299 g/mol. The van der Waals surface area contributed by atoms with E-state index >= 15 is 0 Å². The molecule has 1 fully saturated rings. The zero-order valence-electron chi connectivity index (χ0n) is 12.5. The lowest BCUT2D eigenvalue weighted by molar-refractivity contribution is -0.118. The lowest BCUT2D eigenvalue weighted by Gasteiger charge is -2.12. The maximum Gasteiger partial charge on any atom is 0.329 e. The molecule has 1 N–H and O–H groups in total. The van der Waals surface area contributed by atoms with Gasteiger partial charge in [-0.05, 0) is 18.9 Å². The molecule has 1 unspecified atom stereocenters. The topological polar surface area (TPSA) is 75.4 Å². The Morgan fingerprint density at radius 1 is 1.27 bits per heavy atom. The van der Waals surface area contributed by atoms with Crippen LogP contribution in [0.25, 0.3) is 0 Å². The van der Waals surface area contributed by atoms with E-state index in [1.807, 2.05) is 37.3 Å². The first kappa shape index (κ1) is 14.3. The maximum absolute atomic E-state index is 12.6. The molecule has 1 aliphatic heterocycles. The standard InChI is InChI=1S/C16H17N3O3/c1-3-12-14(10(2)22-18-12)19-15(20)13(17-16(19)21)9-11-7-5-4-6-8-11/h4-8,13H,3,9H2,1-2H3,(H,17,21). The number of rotatable bonds is 4. The Kier molecular flexibility index (Phi) is 3.66. The molecule has 114 valence electrons. The second kappa shape index (κ2) is 5.63. The Balaban J connectivity index is 1.87. The van der Waals surface area contributed by atoms with Crippen LogP contribution >= 0.6 is 0 Å². The molecule has 6 heteroatoms. The van der Waals surface area contributed by atoms with Crippen LogP contribution in [0.5, 0.6) is 0 Å². The van der Waals surface area contributed by atoms with Crippen molar-refractivity contribution in [1.82, 2.24) is 10.5 Å². The Hall–Kier alpha value is -2.63. The average Bonchev–Trinajstić information content (AvgIpc) is 3.00. The zero-order valence-corrected chi connectivity index (χ0v) is 12.5. The minimum atomic E-state index is -0.561. The van der Waals surface area contributed by atoms with Crippen molar-refractivity contribution in [1.29, 1.82) is 0 Å². The number of nitrogens with one attached hydrogen (secondary N) is 1. The monoisotopic (exact) mass is 299 g/mol. The van der Waals surface area contributed by atoms with Crippen molar-refractivity contribution in [2.45, 2.75) is 32.7 Å². The highest BCUT2D eigenvalue weighted by molar-refractivity contribution is 6.21. The molecule has 6 nitrogen and oxygen atoms in total. The van der Waals surface area contributed by atoms with E-state index < -0.39 is 12.1 Å². The van der Waals surface area contributed by atoms with Crippen molar-refractivity contribution in [3.05, 3.63) is 47.3 Å². The van der Waals surface area contributed by atoms with Crippen molar-refractivity contribution in [3.63, 3.8) is 0 Å². The SMILES string of the molecule is CCc1noc(C)c1N1C(=O)NC(Cc2ccccc2)C1=O. The van der Waals surface area contributed by atoms with Gasteiger partial charge < -0.3 is 9.84 Å². The van der Waals surface area contributed by atoms with E-state index in [0.29, 0.717) is 30.0 Å². The molecule has 0 aliphatic carbocycles. The zero-order chi connectivity index (χ0) is 15.7. The molecular weight excluding hydrogens is 282 g/mol. The highest BCUT2D eigenvalue weighted by atomic mass is 16.5. The molecule has 22 heavy (non-hydrogen) atoms. The lowest BCUT2D eigenvalue weighted by atomic mass is 10.1. The van der Waals surface area contributed by atoms with E-state index in [4.69, 9.17) is 4.52 Å². The normalized spacial score (nSPS) is 17.9. The summed E-state index contributed by atoms with van der Waals surface area (Å²) in [6.45, 7) is 3.60. The third-order valence-corrected chi connectivity index (χ3v) is 3.76. The quantitative estimate of drug-likeness (QED) is 0.878. The van der Waals surface area contributed by atoms with E-state index in [0.717, 1.165) is 10.5 Å². The summed E-state index contributed by atoms with van der Waals surface area (Å²) in [6.07, 6.45) is 1.06. The van der Waals surface area contributed by atoms with Crippen LogP contribution in [0.1, 0.15) is 23.9 Å². The minimum Gasteiger partial charge on any atom is -0.359 e. The van der Waals surface area contributed by atoms with Gasteiger partial charge in [0.2, 0.25) is 0 Å². The van der Waals surface area contributed by atoms with Gasteiger partial charge in [-0.3, -0.25) is 4.79 Å². The van der Waals surface area contributed by atoms with Gasteiger partial charge in [-0.2, -0.15) is 0 Å². The highest BCUT2D eigenvalue weighted by Gasteiger charge is 2.41. The molecule has 1 saturated heterocycles. The number of aromatic nitrogens is 1. The van der Waals surface area contributed by atoms with Gasteiger partial charge in [0.1, 0.15) is 17.4 Å². The summed E-state index contributed by atoms with van der Waals surface area (Å²) in [7, 11) is 0. The van der Waals surface area contributed by atoms with E-state index in [9.17, 15) is 9.59 Å². The fourth-order valence-electron chi connectivity index (χ4n) is 2.66. The predicted octanol–water partition coefficient (Wildman–Crippen LogP) is 2.21. The smallest absolute Gasteiger partial charge is 0.329 e. The second-order valence-electron chi connectivity index (χ2n) is 5.25. The molecule has 0 bridgehead atoms. The van der Waals surface area contributed by atoms with Crippen LogP contribution in [0.3, 0.4) is 0 Å². The fourth-order valence-corrected chi connectivity index (χ4v) is 2.66. The summed E-state index contributed by atoms with van der Waals surface area (Å²) in [6, 6.07) is 8.62. The number of imide groups is 1. The molecule has 0 saturated carbocycles. The number of carbonyl (C=O) groups is 2. The van der Waals surface area contributed by atoms with E-state index in [2.05, 4.69) is 10.5 Å². The Morgan fingerprint density at radius 3 is 2.68 bits per heavy atom. The first-order valence-electron chi connectivity index (χ1n) is 7.25. The molecule has 1 atom stereocenters. The molecule has 0 radical (unpaired) electrons.